The highest BCUT2D eigenvalue weighted by molar-refractivity contribution is 5.31. The molecule has 0 heterocycles. The number of halogens is 3. The highest BCUT2D eigenvalue weighted by atomic mass is 19.4. The Morgan fingerprint density at radius 1 is 0.750 bits per heavy atom. The summed E-state index contributed by atoms with van der Waals surface area (Å²) in [6.07, 6.45) is -4.33. The molecule has 0 atom stereocenters. The van der Waals surface area contributed by atoms with Crippen molar-refractivity contribution in [2.24, 2.45) is 0 Å². The Labute approximate surface area is 114 Å². The van der Waals surface area contributed by atoms with E-state index in [1.54, 1.807) is 12.1 Å². The first kappa shape index (κ1) is 14.2. The molecule has 0 unspecified atom stereocenters. The zero-order valence-electron chi connectivity index (χ0n) is 10.6. The van der Waals surface area contributed by atoms with Crippen molar-refractivity contribution in [2.75, 3.05) is 6.61 Å². The van der Waals surface area contributed by atoms with Gasteiger partial charge in [-0.3, -0.25) is 0 Å². The number of rotatable bonds is 5. The lowest BCUT2D eigenvalue weighted by atomic mass is 10.2. The van der Waals surface area contributed by atoms with E-state index in [1.807, 2.05) is 30.3 Å². The van der Waals surface area contributed by atoms with Gasteiger partial charge in [-0.15, -0.1) is 0 Å². The van der Waals surface area contributed by atoms with Gasteiger partial charge in [0.25, 0.3) is 0 Å². The summed E-state index contributed by atoms with van der Waals surface area (Å²) in [5.74, 6) is 0.739. The lowest BCUT2D eigenvalue weighted by Crippen LogP contribution is -2.19. The van der Waals surface area contributed by atoms with Gasteiger partial charge in [0.2, 0.25) is 0 Å². The zero-order chi connectivity index (χ0) is 14.4. The van der Waals surface area contributed by atoms with Crippen LogP contribution in [0.2, 0.25) is 0 Å². The monoisotopic (exact) mass is 282 g/mol. The number of hydrogen-bond donors (Lipinski definition) is 0. The van der Waals surface area contributed by atoms with Crippen LogP contribution in [0.25, 0.3) is 0 Å². The Bertz CT molecular complexity index is 521. The molecule has 2 nitrogen and oxygen atoms in total. The van der Waals surface area contributed by atoms with Crippen LogP contribution in [-0.2, 0) is 6.61 Å². The van der Waals surface area contributed by atoms with E-state index >= 15 is 0 Å². The van der Waals surface area contributed by atoms with E-state index in [9.17, 15) is 13.2 Å². The molecule has 0 aliphatic heterocycles. The van der Waals surface area contributed by atoms with Gasteiger partial charge in [0, 0.05) is 0 Å². The number of alkyl halides is 3. The predicted octanol–water partition coefficient (Wildman–Crippen LogP) is 4.21. The fourth-order valence-corrected chi connectivity index (χ4v) is 1.54. The summed E-state index contributed by atoms with van der Waals surface area (Å²) in [4.78, 5) is 0. The molecular weight excluding hydrogens is 269 g/mol. The third kappa shape index (κ3) is 4.84. The molecule has 0 saturated carbocycles. The molecule has 106 valence electrons. The second-order valence-electron chi connectivity index (χ2n) is 4.15. The summed E-state index contributed by atoms with van der Waals surface area (Å²) in [7, 11) is 0. The van der Waals surface area contributed by atoms with Crippen LogP contribution in [0.1, 0.15) is 5.56 Å². The first-order chi connectivity index (χ1) is 9.53. The van der Waals surface area contributed by atoms with E-state index in [0.717, 1.165) is 5.56 Å². The van der Waals surface area contributed by atoms with Gasteiger partial charge < -0.3 is 9.47 Å². The van der Waals surface area contributed by atoms with Crippen molar-refractivity contribution in [2.45, 2.75) is 12.8 Å². The molecule has 0 aliphatic carbocycles. The van der Waals surface area contributed by atoms with Crippen molar-refractivity contribution in [3.8, 4) is 11.5 Å². The van der Waals surface area contributed by atoms with Gasteiger partial charge in [-0.05, 0) is 29.8 Å². The Morgan fingerprint density at radius 2 is 1.30 bits per heavy atom. The van der Waals surface area contributed by atoms with Crippen molar-refractivity contribution in [3.05, 3.63) is 60.2 Å². The summed E-state index contributed by atoms with van der Waals surface area (Å²) < 4.78 is 46.1. The summed E-state index contributed by atoms with van der Waals surface area (Å²) in [6.45, 7) is -0.888. The van der Waals surface area contributed by atoms with Crippen molar-refractivity contribution in [1.29, 1.82) is 0 Å². The van der Waals surface area contributed by atoms with Gasteiger partial charge in [0.05, 0.1) is 0 Å². The second-order valence-corrected chi connectivity index (χ2v) is 4.15. The van der Waals surface area contributed by atoms with Crippen LogP contribution >= 0.6 is 0 Å². The molecule has 0 aromatic heterocycles. The zero-order valence-corrected chi connectivity index (χ0v) is 10.6. The first-order valence-corrected chi connectivity index (χ1v) is 5.99. The standard InChI is InChI=1S/C15H13F3O2/c16-15(17,18)11-20-14-8-6-13(7-9-14)19-10-12-4-2-1-3-5-12/h1-9H,10-11H2. The summed E-state index contributed by atoms with van der Waals surface area (Å²) in [5.41, 5.74) is 1.02. The van der Waals surface area contributed by atoms with E-state index in [1.165, 1.54) is 12.1 Å². The molecule has 2 aromatic rings. The van der Waals surface area contributed by atoms with Gasteiger partial charge in [0.1, 0.15) is 18.1 Å². The van der Waals surface area contributed by atoms with E-state index < -0.39 is 12.8 Å². The van der Waals surface area contributed by atoms with Gasteiger partial charge in [-0.2, -0.15) is 13.2 Å². The minimum atomic E-state index is -4.33. The summed E-state index contributed by atoms with van der Waals surface area (Å²) in [5, 5.41) is 0. The number of hydrogen-bond acceptors (Lipinski definition) is 2. The van der Waals surface area contributed by atoms with Crippen LogP contribution in [-0.4, -0.2) is 12.8 Å². The average molecular weight is 282 g/mol. The Kier molecular flexibility index (Phi) is 4.50. The normalized spacial score (nSPS) is 11.2. The lowest BCUT2D eigenvalue weighted by molar-refractivity contribution is -0.153. The Balaban J connectivity index is 1.85. The van der Waals surface area contributed by atoms with E-state index in [-0.39, 0.29) is 5.75 Å². The summed E-state index contributed by atoms with van der Waals surface area (Å²) >= 11 is 0. The molecule has 0 saturated heterocycles. The van der Waals surface area contributed by atoms with Gasteiger partial charge in [-0.25, -0.2) is 0 Å². The van der Waals surface area contributed by atoms with E-state index in [2.05, 4.69) is 4.74 Å². The highest BCUT2D eigenvalue weighted by Gasteiger charge is 2.28. The molecule has 0 bridgehead atoms. The molecule has 0 amide bonds. The van der Waals surface area contributed by atoms with E-state index in [0.29, 0.717) is 12.4 Å². The average Bonchev–Trinajstić information content (AvgIpc) is 2.44. The van der Waals surface area contributed by atoms with Crippen LogP contribution in [0, 0.1) is 0 Å². The molecule has 2 aromatic carbocycles. The van der Waals surface area contributed by atoms with Gasteiger partial charge in [0.15, 0.2) is 6.61 Å². The maximum absolute atomic E-state index is 12.0. The fourth-order valence-electron chi connectivity index (χ4n) is 1.54. The van der Waals surface area contributed by atoms with Gasteiger partial charge >= 0.3 is 6.18 Å². The Hall–Kier alpha value is -2.17. The van der Waals surface area contributed by atoms with Crippen LogP contribution in [0.15, 0.2) is 54.6 Å². The van der Waals surface area contributed by atoms with Gasteiger partial charge in [-0.1, -0.05) is 30.3 Å². The quantitative estimate of drug-likeness (QED) is 0.818. The maximum Gasteiger partial charge on any atom is 0.422 e. The topological polar surface area (TPSA) is 18.5 Å². The minimum Gasteiger partial charge on any atom is -0.489 e. The first-order valence-electron chi connectivity index (χ1n) is 5.99. The smallest absolute Gasteiger partial charge is 0.422 e. The number of benzene rings is 2. The van der Waals surface area contributed by atoms with Crippen LogP contribution in [0.4, 0.5) is 13.2 Å². The minimum absolute atomic E-state index is 0.161. The third-order valence-corrected chi connectivity index (χ3v) is 2.47. The molecule has 0 radical (unpaired) electrons. The van der Waals surface area contributed by atoms with Crippen molar-refractivity contribution >= 4 is 0 Å². The van der Waals surface area contributed by atoms with Crippen LogP contribution in [0.5, 0.6) is 11.5 Å². The molecular formula is C15H13F3O2. The largest absolute Gasteiger partial charge is 0.489 e. The van der Waals surface area contributed by atoms with Crippen LogP contribution in [0.3, 0.4) is 0 Å². The molecule has 0 fully saturated rings. The molecule has 0 spiro atoms. The lowest BCUT2D eigenvalue weighted by Gasteiger charge is -2.10. The van der Waals surface area contributed by atoms with Crippen LogP contribution < -0.4 is 9.47 Å². The molecule has 0 N–H and O–H groups in total. The second kappa shape index (κ2) is 6.32. The highest BCUT2D eigenvalue weighted by Crippen LogP contribution is 2.21. The predicted molar refractivity (Wildman–Crippen MR) is 68.8 cm³/mol. The fraction of sp³-hybridized carbons (Fsp3) is 0.200. The molecule has 5 heteroatoms. The van der Waals surface area contributed by atoms with Crippen molar-refractivity contribution < 1.29 is 22.6 Å². The Morgan fingerprint density at radius 3 is 1.85 bits per heavy atom. The third-order valence-electron chi connectivity index (χ3n) is 2.47. The van der Waals surface area contributed by atoms with E-state index in [4.69, 9.17) is 4.74 Å². The van der Waals surface area contributed by atoms with Crippen molar-refractivity contribution in [1.82, 2.24) is 0 Å². The number of ether oxygens (including phenoxy) is 2. The molecule has 2 rings (SSSR count). The summed E-state index contributed by atoms with van der Waals surface area (Å²) in [6, 6.07) is 15.7. The molecule has 20 heavy (non-hydrogen) atoms. The molecule has 0 aliphatic rings. The van der Waals surface area contributed by atoms with Crippen molar-refractivity contribution in [3.63, 3.8) is 0 Å². The maximum atomic E-state index is 12.0. The SMILES string of the molecule is FC(F)(F)COc1ccc(OCc2ccccc2)cc1.